The minimum Gasteiger partial charge on any atom is -0.457 e. The highest BCUT2D eigenvalue weighted by Crippen LogP contribution is 2.26. The Balaban J connectivity index is 1.67. The second-order valence-electron chi connectivity index (χ2n) is 11.2. The summed E-state index contributed by atoms with van der Waals surface area (Å²) in [5.41, 5.74) is 1.98. The van der Waals surface area contributed by atoms with Crippen LogP contribution in [0.4, 0.5) is 5.69 Å². The Hall–Kier alpha value is -4.15. The van der Waals surface area contributed by atoms with Crippen LogP contribution in [0.5, 0.6) is 11.5 Å². The molecule has 0 bridgehead atoms. The summed E-state index contributed by atoms with van der Waals surface area (Å²) in [7, 11) is -3.88. The lowest BCUT2D eigenvalue weighted by Gasteiger charge is -2.33. The highest BCUT2D eigenvalue weighted by Gasteiger charge is 2.33. The zero-order chi connectivity index (χ0) is 32.4. The van der Waals surface area contributed by atoms with Crippen molar-refractivity contribution < 1.29 is 22.7 Å². The van der Waals surface area contributed by atoms with E-state index in [0.29, 0.717) is 23.7 Å². The zero-order valence-electron chi connectivity index (χ0n) is 25.6. The summed E-state index contributed by atoms with van der Waals surface area (Å²) in [5.74, 6) is 0.562. The molecule has 1 atom stereocenters. The van der Waals surface area contributed by atoms with Crippen LogP contribution in [0, 0.1) is 5.92 Å². The SMILES string of the molecule is CC(C)CNC(=O)[C@@H](Cc1ccccc1)N(Cc1ccc(Br)cc1)C(=O)CN(c1ccc(Oc2ccccc2)cc1)S(C)(=O)=O. The fourth-order valence-electron chi connectivity index (χ4n) is 4.68. The zero-order valence-corrected chi connectivity index (χ0v) is 28.0. The van der Waals surface area contributed by atoms with Crippen LogP contribution in [0.3, 0.4) is 0 Å². The van der Waals surface area contributed by atoms with Crippen LogP contribution in [0.2, 0.25) is 0 Å². The van der Waals surface area contributed by atoms with Gasteiger partial charge in [0.25, 0.3) is 0 Å². The summed E-state index contributed by atoms with van der Waals surface area (Å²) in [6, 6.07) is 31.8. The largest absolute Gasteiger partial charge is 0.457 e. The van der Waals surface area contributed by atoms with Gasteiger partial charge in [-0.15, -0.1) is 0 Å². The molecule has 4 aromatic rings. The molecule has 0 aliphatic rings. The Morgan fingerprint density at radius 1 is 0.800 bits per heavy atom. The van der Waals surface area contributed by atoms with Gasteiger partial charge in [0.2, 0.25) is 21.8 Å². The van der Waals surface area contributed by atoms with Crippen molar-refractivity contribution in [2.24, 2.45) is 5.92 Å². The van der Waals surface area contributed by atoms with Crippen molar-refractivity contribution in [1.82, 2.24) is 10.2 Å². The molecule has 4 aromatic carbocycles. The van der Waals surface area contributed by atoms with Gasteiger partial charge in [0.1, 0.15) is 24.1 Å². The minimum absolute atomic E-state index is 0.111. The summed E-state index contributed by atoms with van der Waals surface area (Å²) in [4.78, 5) is 29.4. The van der Waals surface area contributed by atoms with Gasteiger partial charge in [-0.05, 0) is 65.6 Å². The maximum Gasteiger partial charge on any atom is 0.244 e. The third-order valence-corrected chi connectivity index (χ3v) is 8.67. The van der Waals surface area contributed by atoms with Gasteiger partial charge in [-0.2, -0.15) is 0 Å². The topological polar surface area (TPSA) is 96.0 Å². The fraction of sp³-hybridized carbons (Fsp3) is 0.257. The van der Waals surface area contributed by atoms with Crippen molar-refractivity contribution in [2.75, 3.05) is 23.7 Å². The number of ether oxygens (including phenoxy) is 1. The summed E-state index contributed by atoms with van der Waals surface area (Å²) < 4.78 is 33.9. The molecule has 0 fully saturated rings. The Labute approximate surface area is 274 Å². The van der Waals surface area contributed by atoms with E-state index < -0.39 is 28.5 Å². The molecule has 1 N–H and O–H groups in total. The molecule has 2 amide bonds. The van der Waals surface area contributed by atoms with Crippen molar-refractivity contribution >= 4 is 43.5 Å². The second-order valence-corrected chi connectivity index (χ2v) is 14.0. The number of para-hydroxylation sites is 1. The molecule has 0 spiro atoms. The average Bonchev–Trinajstić information content (AvgIpc) is 3.02. The van der Waals surface area contributed by atoms with E-state index in [-0.39, 0.29) is 24.8 Å². The van der Waals surface area contributed by atoms with E-state index in [4.69, 9.17) is 4.74 Å². The molecule has 10 heteroatoms. The quantitative estimate of drug-likeness (QED) is 0.165. The highest BCUT2D eigenvalue weighted by atomic mass is 79.9. The Morgan fingerprint density at radius 2 is 1.38 bits per heavy atom. The van der Waals surface area contributed by atoms with E-state index in [1.165, 1.54) is 4.90 Å². The smallest absolute Gasteiger partial charge is 0.244 e. The lowest BCUT2D eigenvalue weighted by atomic mass is 10.0. The lowest BCUT2D eigenvalue weighted by molar-refractivity contribution is -0.140. The van der Waals surface area contributed by atoms with Gasteiger partial charge in [-0.3, -0.25) is 13.9 Å². The van der Waals surface area contributed by atoms with Gasteiger partial charge in [0.05, 0.1) is 11.9 Å². The Morgan fingerprint density at radius 3 is 1.96 bits per heavy atom. The maximum atomic E-state index is 14.2. The van der Waals surface area contributed by atoms with Crippen LogP contribution in [0.1, 0.15) is 25.0 Å². The number of carbonyl (C=O) groups excluding carboxylic acids is 2. The van der Waals surface area contributed by atoms with E-state index in [1.54, 1.807) is 24.3 Å². The Kier molecular flexibility index (Phi) is 11.8. The van der Waals surface area contributed by atoms with E-state index in [1.807, 2.05) is 98.8 Å². The fourth-order valence-corrected chi connectivity index (χ4v) is 5.80. The monoisotopic (exact) mass is 691 g/mol. The van der Waals surface area contributed by atoms with Crippen LogP contribution in [-0.4, -0.2) is 50.5 Å². The number of carbonyl (C=O) groups is 2. The summed E-state index contributed by atoms with van der Waals surface area (Å²) >= 11 is 3.45. The van der Waals surface area contributed by atoms with Gasteiger partial charge in [0.15, 0.2) is 0 Å². The van der Waals surface area contributed by atoms with Crippen molar-refractivity contribution in [1.29, 1.82) is 0 Å². The summed E-state index contributed by atoms with van der Waals surface area (Å²) in [6.07, 6.45) is 1.32. The first-order valence-electron chi connectivity index (χ1n) is 14.7. The number of amides is 2. The predicted octanol–water partition coefficient (Wildman–Crippen LogP) is 6.42. The standard InChI is InChI=1S/C35H38BrN3O5S/c1-26(2)23-37-35(41)33(22-27-10-6-4-7-11-27)38(24-28-14-16-29(36)17-15-28)34(40)25-39(45(3,42)43)30-18-20-32(21-19-30)44-31-12-8-5-9-13-31/h4-21,26,33H,22-25H2,1-3H3,(H,37,41)/t33-/m1/s1. The summed E-state index contributed by atoms with van der Waals surface area (Å²) in [5, 5.41) is 2.99. The number of rotatable bonds is 14. The van der Waals surface area contributed by atoms with Crippen molar-refractivity contribution in [2.45, 2.75) is 32.9 Å². The molecule has 8 nitrogen and oxygen atoms in total. The van der Waals surface area contributed by atoms with Crippen LogP contribution in [0.15, 0.2) is 114 Å². The van der Waals surface area contributed by atoms with Crippen molar-refractivity contribution in [3.8, 4) is 11.5 Å². The van der Waals surface area contributed by atoms with Gasteiger partial charge < -0.3 is 15.0 Å². The molecule has 0 aliphatic carbocycles. The van der Waals surface area contributed by atoms with Gasteiger partial charge >= 0.3 is 0 Å². The van der Waals surface area contributed by atoms with Gasteiger partial charge in [-0.25, -0.2) is 8.42 Å². The number of benzene rings is 4. The van der Waals surface area contributed by atoms with E-state index >= 15 is 0 Å². The van der Waals surface area contributed by atoms with E-state index in [2.05, 4.69) is 21.2 Å². The highest BCUT2D eigenvalue weighted by molar-refractivity contribution is 9.10. The molecular weight excluding hydrogens is 654 g/mol. The Bertz CT molecular complexity index is 1650. The van der Waals surface area contributed by atoms with E-state index in [0.717, 1.165) is 26.2 Å². The molecule has 45 heavy (non-hydrogen) atoms. The number of nitrogens with one attached hydrogen (secondary N) is 1. The maximum absolute atomic E-state index is 14.2. The second kappa shape index (κ2) is 15.7. The summed E-state index contributed by atoms with van der Waals surface area (Å²) in [6.45, 7) is 4.06. The number of sulfonamides is 1. The van der Waals surface area contributed by atoms with Crippen LogP contribution >= 0.6 is 15.9 Å². The third kappa shape index (κ3) is 10.2. The lowest BCUT2D eigenvalue weighted by Crippen LogP contribution is -2.53. The van der Waals surface area contributed by atoms with Crippen LogP contribution in [-0.2, 0) is 32.6 Å². The first kappa shape index (κ1) is 33.7. The van der Waals surface area contributed by atoms with Crippen molar-refractivity contribution in [3.05, 3.63) is 125 Å². The van der Waals surface area contributed by atoms with Crippen LogP contribution < -0.4 is 14.4 Å². The minimum atomic E-state index is -3.88. The van der Waals surface area contributed by atoms with Gasteiger partial charge in [-0.1, -0.05) is 90.4 Å². The first-order valence-corrected chi connectivity index (χ1v) is 17.3. The normalized spacial score (nSPS) is 11.9. The molecule has 0 heterocycles. The number of nitrogens with zero attached hydrogens (tertiary/aromatic N) is 2. The van der Waals surface area contributed by atoms with Crippen LogP contribution in [0.25, 0.3) is 0 Å². The molecule has 0 unspecified atom stereocenters. The number of hydrogen-bond acceptors (Lipinski definition) is 5. The third-order valence-electron chi connectivity index (χ3n) is 7.00. The molecule has 0 saturated heterocycles. The number of anilines is 1. The predicted molar refractivity (Wildman–Crippen MR) is 182 cm³/mol. The number of halogens is 1. The molecule has 0 aromatic heterocycles. The first-order chi connectivity index (χ1) is 21.5. The van der Waals surface area contributed by atoms with E-state index in [9.17, 15) is 18.0 Å². The molecule has 4 rings (SSSR count). The molecular formula is C35H38BrN3O5S. The number of hydrogen-bond donors (Lipinski definition) is 1. The van der Waals surface area contributed by atoms with Gasteiger partial charge in [0, 0.05) is 24.0 Å². The van der Waals surface area contributed by atoms with Crippen molar-refractivity contribution in [3.63, 3.8) is 0 Å². The average molecular weight is 693 g/mol. The molecule has 0 saturated carbocycles. The molecule has 236 valence electrons. The molecule has 0 aliphatic heterocycles. The molecule has 0 radical (unpaired) electrons.